The van der Waals surface area contributed by atoms with Gasteiger partial charge in [-0.15, -0.1) is 10.2 Å². The fourth-order valence-corrected chi connectivity index (χ4v) is 4.77. The Balaban J connectivity index is 1.37. The van der Waals surface area contributed by atoms with Gasteiger partial charge in [0, 0.05) is 30.4 Å². The van der Waals surface area contributed by atoms with E-state index in [1.54, 1.807) is 0 Å². The summed E-state index contributed by atoms with van der Waals surface area (Å²) in [5.41, 5.74) is 1.38. The van der Waals surface area contributed by atoms with Crippen molar-refractivity contribution in [2.24, 2.45) is 0 Å². The fraction of sp³-hybridized carbons (Fsp3) is 0.385. The van der Waals surface area contributed by atoms with Crippen LogP contribution in [-0.2, 0) is 9.53 Å². The lowest BCUT2D eigenvalue weighted by Gasteiger charge is -2.32. The number of ether oxygens (including phenoxy) is 1. The molecule has 1 saturated heterocycles. The van der Waals surface area contributed by atoms with Crippen LogP contribution in [0, 0.1) is 0 Å². The number of likely N-dealkylation sites (tertiary alicyclic amines) is 1. The molecule has 0 unspecified atom stereocenters. The van der Waals surface area contributed by atoms with Gasteiger partial charge in [0.2, 0.25) is 5.91 Å². The summed E-state index contributed by atoms with van der Waals surface area (Å²) in [7, 11) is 0. The van der Waals surface area contributed by atoms with Crippen molar-refractivity contribution in [3.05, 3.63) is 60.7 Å². The molecule has 184 valence electrons. The van der Waals surface area contributed by atoms with Gasteiger partial charge < -0.3 is 15.0 Å². The third kappa shape index (κ3) is 6.63. The molecule has 1 aromatic heterocycles. The van der Waals surface area contributed by atoms with Crippen LogP contribution in [-0.4, -0.2) is 62.2 Å². The number of benzene rings is 2. The third-order valence-electron chi connectivity index (χ3n) is 5.57. The van der Waals surface area contributed by atoms with Crippen molar-refractivity contribution in [3.8, 4) is 17.1 Å². The second-order valence-electron chi connectivity index (χ2n) is 9.43. The summed E-state index contributed by atoms with van der Waals surface area (Å²) in [6, 6.07) is 19.8. The van der Waals surface area contributed by atoms with Crippen molar-refractivity contribution >= 4 is 23.8 Å². The van der Waals surface area contributed by atoms with Gasteiger partial charge in [-0.3, -0.25) is 9.36 Å². The summed E-state index contributed by atoms with van der Waals surface area (Å²) in [5.74, 6) is 1.06. The quantitative estimate of drug-likeness (QED) is 0.507. The van der Waals surface area contributed by atoms with Crippen LogP contribution in [0.4, 0.5) is 4.79 Å². The average Bonchev–Trinajstić information content (AvgIpc) is 3.27. The summed E-state index contributed by atoms with van der Waals surface area (Å²) in [4.78, 5) is 26.8. The van der Waals surface area contributed by atoms with Crippen LogP contribution in [0.2, 0.25) is 0 Å². The van der Waals surface area contributed by atoms with Gasteiger partial charge in [-0.05, 0) is 45.7 Å². The first kappa shape index (κ1) is 24.8. The van der Waals surface area contributed by atoms with Gasteiger partial charge in [0.1, 0.15) is 5.60 Å². The molecule has 0 saturated carbocycles. The van der Waals surface area contributed by atoms with Crippen molar-refractivity contribution in [2.45, 2.75) is 50.4 Å². The molecule has 0 bridgehead atoms. The number of hydrogen-bond donors (Lipinski definition) is 1. The number of piperidine rings is 1. The van der Waals surface area contributed by atoms with E-state index >= 15 is 0 Å². The largest absolute Gasteiger partial charge is 0.444 e. The maximum absolute atomic E-state index is 12.9. The minimum Gasteiger partial charge on any atom is -0.444 e. The Morgan fingerprint density at radius 2 is 1.63 bits per heavy atom. The molecule has 1 fully saturated rings. The number of hydrogen-bond acceptors (Lipinski definition) is 6. The number of para-hydroxylation sites is 1. The highest BCUT2D eigenvalue weighted by atomic mass is 32.2. The van der Waals surface area contributed by atoms with Crippen LogP contribution >= 0.6 is 11.8 Å². The predicted octanol–water partition coefficient (Wildman–Crippen LogP) is 4.54. The van der Waals surface area contributed by atoms with Crippen LogP contribution in [0.3, 0.4) is 0 Å². The molecule has 0 atom stereocenters. The Hall–Kier alpha value is -3.33. The molecule has 1 N–H and O–H groups in total. The molecule has 1 aliphatic rings. The van der Waals surface area contributed by atoms with Gasteiger partial charge in [0.05, 0.1) is 5.75 Å². The molecule has 0 radical (unpaired) electrons. The molecule has 1 aliphatic heterocycles. The first-order chi connectivity index (χ1) is 16.8. The molecule has 4 rings (SSSR count). The second kappa shape index (κ2) is 10.9. The summed E-state index contributed by atoms with van der Waals surface area (Å²) in [6.45, 7) is 6.72. The zero-order valence-corrected chi connectivity index (χ0v) is 21.1. The van der Waals surface area contributed by atoms with E-state index in [2.05, 4.69) is 15.5 Å². The Bertz CT molecular complexity index is 1140. The van der Waals surface area contributed by atoms with Crippen molar-refractivity contribution in [1.82, 2.24) is 25.0 Å². The van der Waals surface area contributed by atoms with Crippen LogP contribution in [0.15, 0.2) is 65.8 Å². The highest BCUT2D eigenvalue weighted by molar-refractivity contribution is 7.99. The number of amides is 2. The van der Waals surface area contributed by atoms with E-state index in [0.29, 0.717) is 31.1 Å². The Morgan fingerprint density at radius 3 is 2.26 bits per heavy atom. The van der Waals surface area contributed by atoms with E-state index in [9.17, 15) is 9.59 Å². The topological polar surface area (TPSA) is 89.3 Å². The lowest BCUT2D eigenvalue weighted by molar-refractivity contribution is -0.129. The monoisotopic (exact) mass is 493 g/mol. The molecule has 35 heavy (non-hydrogen) atoms. The summed E-state index contributed by atoms with van der Waals surface area (Å²) < 4.78 is 7.33. The van der Waals surface area contributed by atoms with E-state index in [0.717, 1.165) is 17.1 Å². The molecular formula is C26H31N5O3S. The zero-order valence-electron chi connectivity index (χ0n) is 20.3. The summed E-state index contributed by atoms with van der Waals surface area (Å²) in [5, 5.41) is 12.4. The van der Waals surface area contributed by atoms with Crippen LogP contribution < -0.4 is 5.32 Å². The lowest BCUT2D eigenvalue weighted by Crippen LogP contribution is -2.48. The third-order valence-corrected chi connectivity index (χ3v) is 6.49. The molecule has 3 aromatic rings. The van der Waals surface area contributed by atoms with Gasteiger partial charge in [0.25, 0.3) is 0 Å². The molecule has 9 heteroatoms. The van der Waals surface area contributed by atoms with Crippen molar-refractivity contribution < 1.29 is 14.3 Å². The van der Waals surface area contributed by atoms with E-state index < -0.39 is 11.7 Å². The van der Waals surface area contributed by atoms with Crippen LogP contribution in [0.5, 0.6) is 0 Å². The van der Waals surface area contributed by atoms with E-state index in [4.69, 9.17) is 4.74 Å². The normalized spacial score (nSPS) is 14.5. The molecule has 0 spiro atoms. The molecular weight excluding hydrogens is 462 g/mol. The Labute approximate surface area is 210 Å². The van der Waals surface area contributed by atoms with Gasteiger partial charge in [-0.2, -0.15) is 0 Å². The number of alkyl carbamates (subject to hydrolysis) is 1. The maximum atomic E-state index is 12.9. The first-order valence-corrected chi connectivity index (χ1v) is 12.7. The molecule has 0 aliphatic carbocycles. The van der Waals surface area contributed by atoms with Gasteiger partial charge in [-0.1, -0.05) is 60.3 Å². The molecule has 2 heterocycles. The standard InChI is InChI=1S/C26H31N5O3S/c1-26(2,3)34-25(33)27-20-14-16-30(17-15-20)22(32)18-35-24-29-28-23(19-10-6-4-7-11-19)31(24)21-12-8-5-9-13-21/h4-13,20H,14-18H2,1-3H3,(H,27,33). The SMILES string of the molecule is CC(C)(C)OC(=O)NC1CCN(C(=O)CSc2nnc(-c3ccccc3)n2-c2ccccc2)CC1. The number of nitrogens with zero attached hydrogens (tertiary/aromatic N) is 4. The predicted molar refractivity (Wildman–Crippen MR) is 136 cm³/mol. The molecule has 8 nitrogen and oxygen atoms in total. The number of nitrogens with one attached hydrogen (secondary N) is 1. The average molecular weight is 494 g/mol. The fourth-order valence-electron chi connectivity index (χ4n) is 3.91. The minimum absolute atomic E-state index is 0.0103. The maximum Gasteiger partial charge on any atom is 0.407 e. The van der Waals surface area contributed by atoms with Crippen molar-refractivity contribution in [1.29, 1.82) is 0 Å². The number of aromatic nitrogens is 3. The van der Waals surface area contributed by atoms with Crippen molar-refractivity contribution in [3.63, 3.8) is 0 Å². The first-order valence-electron chi connectivity index (χ1n) is 11.8. The highest BCUT2D eigenvalue weighted by Crippen LogP contribution is 2.28. The van der Waals surface area contributed by atoms with Crippen molar-refractivity contribution in [2.75, 3.05) is 18.8 Å². The molecule has 2 aromatic carbocycles. The van der Waals surface area contributed by atoms with E-state index in [-0.39, 0.29) is 17.7 Å². The smallest absolute Gasteiger partial charge is 0.407 e. The molecule has 2 amide bonds. The van der Waals surface area contributed by atoms with Gasteiger partial charge in [-0.25, -0.2) is 4.79 Å². The number of carbonyl (C=O) groups excluding carboxylic acids is 2. The number of rotatable bonds is 6. The lowest BCUT2D eigenvalue weighted by atomic mass is 10.1. The van der Waals surface area contributed by atoms with Gasteiger partial charge >= 0.3 is 6.09 Å². The summed E-state index contributed by atoms with van der Waals surface area (Å²) in [6.07, 6.45) is 0.995. The number of thioether (sulfide) groups is 1. The Kier molecular flexibility index (Phi) is 7.75. The number of carbonyl (C=O) groups is 2. The van der Waals surface area contributed by atoms with Crippen LogP contribution in [0.1, 0.15) is 33.6 Å². The van der Waals surface area contributed by atoms with E-state index in [1.165, 1.54) is 11.8 Å². The Morgan fingerprint density at radius 1 is 1.00 bits per heavy atom. The second-order valence-corrected chi connectivity index (χ2v) is 10.4. The van der Waals surface area contributed by atoms with E-state index in [1.807, 2.05) is 90.9 Å². The van der Waals surface area contributed by atoms with Gasteiger partial charge in [0.15, 0.2) is 11.0 Å². The zero-order chi connectivity index (χ0) is 24.8. The highest BCUT2D eigenvalue weighted by Gasteiger charge is 2.26. The van der Waals surface area contributed by atoms with Crippen LogP contribution in [0.25, 0.3) is 17.1 Å². The minimum atomic E-state index is -0.529. The summed E-state index contributed by atoms with van der Waals surface area (Å²) >= 11 is 1.39.